The van der Waals surface area contributed by atoms with E-state index in [4.69, 9.17) is 4.42 Å². The first kappa shape index (κ1) is 13.1. The predicted molar refractivity (Wildman–Crippen MR) is 68.4 cm³/mol. The van der Waals surface area contributed by atoms with Crippen molar-refractivity contribution in [1.82, 2.24) is 5.32 Å². The van der Waals surface area contributed by atoms with E-state index in [1.54, 1.807) is 6.07 Å². The molecule has 1 aliphatic rings. The van der Waals surface area contributed by atoms with Gasteiger partial charge in [-0.3, -0.25) is 4.79 Å². The van der Waals surface area contributed by atoms with Gasteiger partial charge < -0.3 is 14.8 Å². The smallest absolute Gasteiger partial charge is 0.287 e. The van der Waals surface area contributed by atoms with E-state index >= 15 is 0 Å². The third-order valence-corrected chi connectivity index (χ3v) is 3.68. The maximum absolute atomic E-state index is 11.9. The molecule has 1 saturated carbocycles. The molecular weight excluding hydrogens is 230 g/mol. The molecule has 4 nitrogen and oxygen atoms in total. The Labute approximate surface area is 107 Å². The van der Waals surface area contributed by atoms with Gasteiger partial charge in [-0.2, -0.15) is 0 Å². The summed E-state index contributed by atoms with van der Waals surface area (Å²) in [6.45, 7) is 2.14. The molecule has 0 bridgehead atoms. The van der Waals surface area contributed by atoms with Crippen molar-refractivity contribution in [2.24, 2.45) is 0 Å². The summed E-state index contributed by atoms with van der Waals surface area (Å²) in [5, 5.41) is 13.2. The first-order valence-corrected chi connectivity index (χ1v) is 6.65. The molecule has 1 amide bonds. The molecule has 0 radical (unpaired) electrons. The minimum atomic E-state index is -0.743. The molecule has 2 rings (SSSR count). The molecule has 0 atom stereocenters. The summed E-state index contributed by atoms with van der Waals surface area (Å²) in [5.74, 6) is 0.0994. The number of rotatable bonds is 3. The SMILES string of the molecule is Cc1ccoc1C(=O)NCC1(O)CCCCCC1. The molecule has 0 spiro atoms. The lowest BCUT2D eigenvalue weighted by atomic mass is 9.94. The van der Waals surface area contributed by atoms with Crippen molar-refractivity contribution in [3.05, 3.63) is 23.7 Å². The number of carbonyl (C=O) groups excluding carboxylic acids is 1. The normalized spacial score (nSPS) is 19.2. The van der Waals surface area contributed by atoms with Gasteiger partial charge in [-0.1, -0.05) is 25.7 Å². The first-order chi connectivity index (χ1) is 8.61. The third kappa shape index (κ3) is 3.13. The zero-order valence-electron chi connectivity index (χ0n) is 10.9. The largest absolute Gasteiger partial charge is 0.459 e. The van der Waals surface area contributed by atoms with E-state index in [0.717, 1.165) is 31.2 Å². The van der Waals surface area contributed by atoms with Crippen molar-refractivity contribution in [3.63, 3.8) is 0 Å². The molecule has 0 saturated heterocycles. The van der Waals surface area contributed by atoms with Gasteiger partial charge in [0, 0.05) is 12.1 Å². The van der Waals surface area contributed by atoms with Crippen LogP contribution in [0.1, 0.15) is 54.6 Å². The molecular formula is C14H21NO3. The van der Waals surface area contributed by atoms with Crippen LogP contribution >= 0.6 is 0 Å². The lowest BCUT2D eigenvalue weighted by Crippen LogP contribution is -2.42. The van der Waals surface area contributed by atoms with Crippen LogP contribution < -0.4 is 5.32 Å². The highest BCUT2D eigenvalue weighted by molar-refractivity contribution is 5.92. The topological polar surface area (TPSA) is 62.5 Å². The maximum Gasteiger partial charge on any atom is 0.287 e. The van der Waals surface area contributed by atoms with Gasteiger partial charge in [0.25, 0.3) is 5.91 Å². The van der Waals surface area contributed by atoms with E-state index in [-0.39, 0.29) is 5.91 Å². The molecule has 0 unspecified atom stereocenters. The Morgan fingerprint density at radius 1 is 1.39 bits per heavy atom. The molecule has 0 aliphatic heterocycles. The average molecular weight is 251 g/mol. The minimum Gasteiger partial charge on any atom is -0.459 e. The summed E-state index contributed by atoms with van der Waals surface area (Å²) >= 11 is 0. The fourth-order valence-electron chi connectivity index (χ4n) is 2.49. The summed E-state index contributed by atoms with van der Waals surface area (Å²) in [6, 6.07) is 1.76. The van der Waals surface area contributed by atoms with E-state index in [1.807, 2.05) is 6.92 Å². The second kappa shape index (κ2) is 5.57. The highest BCUT2D eigenvalue weighted by Gasteiger charge is 2.28. The summed E-state index contributed by atoms with van der Waals surface area (Å²) in [5.41, 5.74) is 0.0764. The van der Waals surface area contributed by atoms with Gasteiger partial charge in [-0.05, 0) is 25.8 Å². The summed E-state index contributed by atoms with van der Waals surface area (Å²) in [7, 11) is 0. The van der Waals surface area contributed by atoms with E-state index in [0.29, 0.717) is 12.3 Å². The number of aliphatic hydroxyl groups is 1. The Morgan fingerprint density at radius 2 is 2.06 bits per heavy atom. The number of furan rings is 1. The van der Waals surface area contributed by atoms with Crippen molar-refractivity contribution in [2.75, 3.05) is 6.54 Å². The van der Waals surface area contributed by atoms with Crippen LogP contribution in [0, 0.1) is 6.92 Å². The monoisotopic (exact) mass is 251 g/mol. The van der Waals surface area contributed by atoms with Crippen molar-refractivity contribution < 1.29 is 14.3 Å². The number of nitrogens with one attached hydrogen (secondary N) is 1. The fraction of sp³-hybridized carbons (Fsp3) is 0.643. The van der Waals surface area contributed by atoms with Gasteiger partial charge in [0.2, 0.25) is 0 Å². The Morgan fingerprint density at radius 3 is 2.61 bits per heavy atom. The number of amides is 1. The van der Waals surface area contributed by atoms with Crippen LogP contribution in [0.4, 0.5) is 0 Å². The zero-order valence-corrected chi connectivity index (χ0v) is 10.9. The molecule has 1 fully saturated rings. The van der Waals surface area contributed by atoms with Crippen molar-refractivity contribution in [3.8, 4) is 0 Å². The fourth-order valence-corrected chi connectivity index (χ4v) is 2.49. The molecule has 1 heterocycles. The Bertz CT molecular complexity index is 403. The van der Waals surface area contributed by atoms with Crippen LogP contribution in [0.3, 0.4) is 0 Å². The van der Waals surface area contributed by atoms with Crippen molar-refractivity contribution in [1.29, 1.82) is 0 Å². The van der Waals surface area contributed by atoms with Gasteiger partial charge in [-0.15, -0.1) is 0 Å². The summed E-state index contributed by atoms with van der Waals surface area (Å²) in [4.78, 5) is 11.9. The highest BCUT2D eigenvalue weighted by Crippen LogP contribution is 2.26. The van der Waals surface area contributed by atoms with Gasteiger partial charge in [-0.25, -0.2) is 0 Å². The molecule has 18 heavy (non-hydrogen) atoms. The number of aryl methyl sites for hydroxylation is 1. The van der Waals surface area contributed by atoms with E-state index in [1.165, 1.54) is 19.1 Å². The summed E-state index contributed by atoms with van der Waals surface area (Å²) in [6.07, 6.45) is 7.46. The molecule has 0 aromatic carbocycles. The van der Waals surface area contributed by atoms with Gasteiger partial charge in [0.15, 0.2) is 5.76 Å². The van der Waals surface area contributed by atoms with E-state index < -0.39 is 5.60 Å². The third-order valence-electron chi connectivity index (χ3n) is 3.68. The Balaban J connectivity index is 1.90. The minimum absolute atomic E-state index is 0.241. The number of hydrogen-bond donors (Lipinski definition) is 2. The molecule has 1 aromatic heterocycles. The standard InChI is InChI=1S/C14H21NO3/c1-11-6-9-18-12(11)13(16)15-10-14(17)7-4-2-3-5-8-14/h6,9,17H,2-5,7-8,10H2,1H3,(H,15,16). The number of carbonyl (C=O) groups is 1. The lowest BCUT2D eigenvalue weighted by Gasteiger charge is -2.26. The van der Waals surface area contributed by atoms with Crippen LogP contribution in [0.15, 0.2) is 16.7 Å². The predicted octanol–water partition coefficient (Wildman–Crippen LogP) is 2.40. The lowest BCUT2D eigenvalue weighted by molar-refractivity contribution is 0.0243. The zero-order chi connectivity index (χ0) is 13.0. The van der Waals surface area contributed by atoms with Crippen molar-refractivity contribution >= 4 is 5.91 Å². The Kier molecular flexibility index (Phi) is 4.07. The van der Waals surface area contributed by atoms with Gasteiger partial charge >= 0.3 is 0 Å². The molecule has 4 heteroatoms. The van der Waals surface area contributed by atoms with Crippen LogP contribution in [0.25, 0.3) is 0 Å². The van der Waals surface area contributed by atoms with Gasteiger partial charge in [0.05, 0.1) is 11.9 Å². The molecule has 100 valence electrons. The molecule has 1 aliphatic carbocycles. The van der Waals surface area contributed by atoms with Crippen molar-refractivity contribution in [2.45, 2.75) is 51.0 Å². The molecule has 2 N–H and O–H groups in total. The Hall–Kier alpha value is -1.29. The van der Waals surface area contributed by atoms with Crippen LogP contribution in [0.2, 0.25) is 0 Å². The first-order valence-electron chi connectivity index (χ1n) is 6.65. The average Bonchev–Trinajstić information content (AvgIpc) is 2.65. The maximum atomic E-state index is 11.9. The quantitative estimate of drug-likeness (QED) is 0.811. The van der Waals surface area contributed by atoms with Crippen LogP contribution in [-0.2, 0) is 0 Å². The highest BCUT2D eigenvalue weighted by atomic mass is 16.3. The van der Waals surface area contributed by atoms with Gasteiger partial charge in [0.1, 0.15) is 0 Å². The number of hydrogen-bond acceptors (Lipinski definition) is 3. The molecule has 1 aromatic rings. The van der Waals surface area contributed by atoms with Crippen LogP contribution in [-0.4, -0.2) is 23.2 Å². The second-order valence-corrected chi connectivity index (χ2v) is 5.25. The second-order valence-electron chi connectivity index (χ2n) is 5.25. The summed E-state index contributed by atoms with van der Waals surface area (Å²) < 4.78 is 5.13. The van der Waals surface area contributed by atoms with E-state index in [9.17, 15) is 9.90 Å². The van der Waals surface area contributed by atoms with Crippen LogP contribution in [0.5, 0.6) is 0 Å². The van der Waals surface area contributed by atoms with E-state index in [2.05, 4.69) is 5.32 Å².